The molecule has 4 rings (SSSR count). The number of rotatable bonds is 7. The number of hydrogen-bond acceptors (Lipinski definition) is 7. The van der Waals surface area contributed by atoms with E-state index in [1.807, 2.05) is 0 Å². The van der Waals surface area contributed by atoms with Crippen LogP contribution in [0.15, 0.2) is 75.8 Å². The third-order valence-electron chi connectivity index (χ3n) is 5.70. The number of ether oxygens (including phenoxy) is 1. The molecule has 13 heteroatoms. The molecule has 1 amide bonds. The third-order valence-corrected chi connectivity index (χ3v) is 7.33. The van der Waals surface area contributed by atoms with Gasteiger partial charge >= 0.3 is 29.6 Å². The van der Waals surface area contributed by atoms with Crippen molar-refractivity contribution in [3.63, 3.8) is 0 Å². The van der Waals surface area contributed by atoms with Gasteiger partial charge in [-0.05, 0) is 47.7 Å². The SMILES string of the molecule is CCc1cc(N=Nc2c([O-])c(C(=O)Nc3cccc(OC)c3Cl)cc3ccccc23)c(Cl)cc1S(=O)(=O)O.[Na+]. The number of hydrogen-bond donors (Lipinski definition) is 2. The summed E-state index contributed by atoms with van der Waals surface area (Å²) in [5.41, 5.74) is 0.292. The first kappa shape index (κ1) is 30.8. The second-order valence-electron chi connectivity index (χ2n) is 8.04. The summed E-state index contributed by atoms with van der Waals surface area (Å²) in [4.78, 5) is 12.8. The molecule has 0 aliphatic carbocycles. The maximum absolute atomic E-state index is 13.4. The Morgan fingerprint density at radius 2 is 1.79 bits per heavy atom. The predicted molar refractivity (Wildman–Crippen MR) is 144 cm³/mol. The van der Waals surface area contributed by atoms with E-state index in [4.69, 9.17) is 27.9 Å². The van der Waals surface area contributed by atoms with Crippen LogP contribution in [0.5, 0.6) is 11.5 Å². The first-order valence-electron chi connectivity index (χ1n) is 11.1. The fourth-order valence-electron chi connectivity index (χ4n) is 3.82. The van der Waals surface area contributed by atoms with E-state index in [1.165, 1.54) is 19.2 Å². The molecule has 0 atom stereocenters. The van der Waals surface area contributed by atoms with Crippen LogP contribution >= 0.6 is 23.2 Å². The molecule has 0 radical (unpaired) electrons. The van der Waals surface area contributed by atoms with Crippen molar-refractivity contribution in [1.29, 1.82) is 0 Å². The van der Waals surface area contributed by atoms with Gasteiger partial charge in [-0.25, -0.2) is 0 Å². The number of methoxy groups -OCH3 is 1. The summed E-state index contributed by atoms with van der Waals surface area (Å²) in [6.07, 6.45) is 0.257. The van der Waals surface area contributed by atoms with Gasteiger partial charge < -0.3 is 15.2 Å². The molecule has 0 saturated carbocycles. The molecule has 0 spiro atoms. The Labute approximate surface area is 256 Å². The number of nitrogens with zero attached hydrogens (tertiary/aromatic N) is 2. The van der Waals surface area contributed by atoms with Crippen molar-refractivity contribution >= 4 is 67.1 Å². The minimum atomic E-state index is -4.50. The number of amides is 1. The van der Waals surface area contributed by atoms with E-state index in [2.05, 4.69) is 15.5 Å². The Balaban J connectivity index is 0.00000420. The number of carbonyl (C=O) groups is 1. The zero-order valence-corrected chi connectivity index (χ0v) is 25.4. The summed E-state index contributed by atoms with van der Waals surface area (Å²) in [5, 5.41) is 25.3. The van der Waals surface area contributed by atoms with Gasteiger partial charge in [0.2, 0.25) is 0 Å². The van der Waals surface area contributed by atoms with E-state index in [1.54, 1.807) is 49.4 Å². The average Bonchev–Trinajstić information content (AvgIpc) is 2.88. The molecule has 0 fully saturated rings. The minimum absolute atomic E-state index is 0. The maximum Gasteiger partial charge on any atom is 1.00 e. The van der Waals surface area contributed by atoms with Crippen LogP contribution in [0.2, 0.25) is 10.0 Å². The molecule has 0 aromatic heterocycles. The largest absolute Gasteiger partial charge is 1.00 e. The van der Waals surface area contributed by atoms with Gasteiger partial charge in [0.05, 0.1) is 28.4 Å². The van der Waals surface area contributed by atoms with Crippen LogP contribution in [-0.2, 0) is 16.5 Å². The molecule has 0 aliphatic rings. The Bertz CT molecular complexity index is 1710. The van der Waals surface area contributed by atoms with Gasteiger partial charge in [-0.15, -0.1) is 5.11 Å². The van der Waals surface area contributed by atoms with Gasteiger partial charge in [0.1, 0.15) is 16.5 Å². The van der Waals surface area contributed by atoms with Crippen LogP contribution in [0.3, 0.4) is 0 Å². The Kier molecular flexibility index (Phi) is 10.0. The number of nitrogens with one attached hydrogen (secondary N) is 1. The first-order valence-corrected chi connectivity index (χ1v) is 13.3. The number of fused-ring (bicyclic) bond motifs is 1. The van der Waals surface area contributed by atoms with Gasteiger partial charge in [-0.3, -0.25) is 9.35 Å². The Morgan fingerprint density at radius 1 is 1.08 bits per heavy atom. The Hall–Kier alpha value is -2.70. The molecule has 0 saturated heterocycles. The quantitative estimate of drug-likeness (QED) is 0.189. The monoisotopic (exact) mass is 595 g/mol. The van der Waals surface area contributed by atoms with E-state index in [-0.39, 0.29) is 79.1 Å². The Morgan fingerprint density at radius 3 is 2.46 bits per heavy atom. The van der Waals surface area contributed by atoms with Crippen LogP contribution in [0.1, 0.15) is 22.8 Å². The van der Waals surface area contributed by atoms with E-state index in [9.17, 15) is 22.9 Å². The summed E-state index contributed by atoms with van der Waals surface area (Å²) >= 11 is 12.5. The standard InChI is InChI=1S/C26H21Cl2N3O6S.Na/c1-3-14-12-20(18(27)13-22(14)38(34,35)36)30-31-24-16-8-5-4-7-15(16)11-17(25(24)32)26(33)29-19-9-6-10-21(37-2)23(19)28;/h4-13,32H,3H2,1-2H3,(H,29,33)(H,34,35,36);/q;+1/p-1. The number of aryl methyl sites for hydroxylation is 1. The summed E-state index contributed by atoms with van der Waals surface area (Å²) in [5.74, 6) is -1.05. The molecule has 4 aromatic rings. The van der Waals surface area contributed by atoms with Crippen molar-refractivity contribution < 1.29 is 57.2 Å². The second kappa shape index (κ2) is 12.6. The summed E-state index contributed by atoms with van der Waals surface area (Å²) in [6.45, 7) is 1.69. The third kappa shape index (κ3) is 6.55. The second-order valence-corrected chi connectivity index (χ2v) is 10.2. The normalized spacial score (nSPS) is 11.4. The van der Waals surface area contributed by atoms with E-state index < -0.39 is 21.8 Å². The van der Waals surface area contributed by atoms with Crippen LogP contribution in [-0.4, -0.2) is 26.0 Å². The summed E-state index contributed by atoms with van der Waals surface area (Å²) in [6, 6.07) is 15.5. The number of anilines is 1. The van der Waals surface area contributed by atoms with Crippen molar-refractivity contribution in [2.24, 2.45) is 10.2 Å². The fourth-order valence-corrected chi connectivity index (χ4v) is 5.13. The predicted octanol–water partition coefficient (Wildman–Crippen LogP) is 3.71. The van der Waals surface area contributed by atoms with Crippen LogP contribution in [0.4, 0.5) is 17.1 Å². The molecule has 0 aliphatic heterocycles. The minimum Gasteiger partial charge on any atom is -0.870 e. The van der Waals surface area contributed by atoms with Gasteiger partial charge in [-0.1, -0.05) is 66.2 Å². The molecular weight excluding hydrogens is 576 g/mol. The number of carbonyl (C=O) groups excluding carboxylic acids is 1. The van der Waals surface area contributed by atoms with E-state index >= 15 is 0 Å². The molecule has 0 heterocycles. The van der Waals surface area contributed by atoms with E-state index in [0.717, 1.165) is 6.07 Å². The maximum atomic E-state index is 13.4. The van der Waals surface area contributed by atoms with Crippen LogP contribution in [0.25, 0.3) is 10.8 Å². The van der Waals surface area contributed by atoms with Gasteiger partial charge in [0.15, 0.2) is 0 Å². The fraction of sp³-hybridized carbons (Fsp3) is 0.115. The van der Waals surface area contributed by atoms with E-state index in [0.29, 0.717) is 16.5 Å². The molecule has 196 valence electrons. The molecule has 39 heavy (non-hydrogen) atoms. The molecule has 4 aromatic carbocycles. The van der Waals surface area contributed by atoms with Gasteiger partial charge in [0.25, 0.3) is 16.0 Å². The van der Waals surface area contributed by atoms with Crippen LogP contribution < -0.4 is 44.7 Å². The number of benzene rings is 4. The molecular formula is C26H20Cl2N3NaO6S. The summed E-state index contributed by atoms with van der Waals surface area (Å²) < 4.78 is 38.0. The number of halogens is 2. The molecule has 2 N–H and O–H groups in total. The zero-order chi connectivity index (χ0) is 27.6. The van der Waals surface area contributed by atoms with Crippen LogP contribution in [0, 0.1) is 0 Å². The molecule has 0 bridgehead atoms. The molecule has 0 unspecified atom stereocenters. The van der Waals surface area contributed by atoms with Crippen molar-refractivity contribution in [2.75, 3.05) is 12.4 Å². The topological polar surface area (TPSA) is 140 Å². The van der Waals surface area contributed by atoms with Crippen molar-refractivity contribution in [2.45, 2.75) is 18.2 Å². The number of azo groups is 1. The van der Waals surface area contributed by atoms with Crippen molar-refractivity contribution in [3.8, 4) is 11.5 Å². The smallest absolute Gasteiger partial charge is 0.870 e. The zero-order valence-electron chi connectivity index (χ0n) is 21.0. The van der Waals surface area contributed by atoms with Gasteiger partial charge in [0, 0.05) is 10.9 Å². The molecule has 9 nitrogen and oxygen atoms in total. The van der Waals surface area contributed by atoms with Crippen molar-refractivity contribution in [1.82, 2.24) is 0 Å². The van der Waals surface area contributed by atoms with Crippen molar-refractivity contribution in [3.05, 3.63) is 81.8 Å². The average molecular weight is 596 g/mol. The first-order chi connectivity index (χ1) is 18.0. The summed E-state index contributed by atoms with van der Waals surface area (Å²) in [7, 11) is -3.06. The van der Waals surface area contributed by atoms with Gasteiger partial charge in [-0.2, -0.15) is 13.5 Å².